The van der Waals surface area contributed by atoms with E-state index in [1.165, 1.54) is 11.3 Å². The lowest BCUT2D eigenvalue weighted by Crippen LogP contribution is -2.19. The molecule has 0 aliphatic heterocycles. The van der Waals surface area contributed by atoms with Crippen molar-refractivity contribution in [3.63, 3.8) is 0 Å². The summed E-state index contributed by atoms with van der Waals surface area (Å²) in [6.07, 6.45) is -1.45. The highest BCUT2D eigenvalue weighted by Crippen LogP contribution is 2.31. The van der Waals surface area contributed by atoms with Gasteiger partial charge in [0.15, 0.2) is 5.82 Å². The lowest BCUT2D eigenvalue weighted by molar-refractivity contribution is -0.148. The normalized spacial score (nSPS) is 12.4. The van der Waals surface area contributed by atoms with E-state index in [0.717, 1.165) is 22.7 Å². The van der Waals surface area contributed by atoms with Crippen LogP contribution in [0.4, 0.5) is 13.2 Å². The molecule has 1 aromatic carbocycles. The van der Waals surface area contributed by atoms with Gasteiger partial charge in [0, 0.05) is 17.5 Å². The first-order valence-corrected chi connectivity index (χ1v) is 11.5. The fourth-order valence-corrected chi connectivity index (χ4v) is 4.13. The van der Waals surface area contributed by atoms with Crippen LogP contribution in [0, 0.1) is 5.92 Å². The van der Waals surface area contributed by atoms with Crippen molar-refractivity contribution in [2.24, 2.45) is 5.92 Å². The number of halogens is 3. The number of benzene rings is 1. The van der Waals surface area contributed by atoms with E-state index in [-0.39, 0.29) is 17.7 Å². The summed E-state index contributed by atoms with van der Waals surface area (Å²) in [5.74, 6) is 0.434. The summed E-state index contributed by atoms with van der Waals surface area (Å²) in [5, 5.41) is 0. The van der Waals surface area contributed by atoms with Gasteiger partial charge >= 0.3 is 12.1 Å². The Morgan fingerprint density at radius 3 is 2.52 bits per heavy atom. The van der Waals surface area contributed by atoms with Crippen molar-refractivity contribution in [2.75, 3.05) is 13.2 Å². The van der Waals surface area contributed by atoms with Crippen LogP contribution in [0.15, 0.2) is 48.7 Å². The maximum absolute atomic E-state index is 12.9. The lowest BCUT2D eigenvalue weighted by atomic mass is 9.97. The number of carbonyl (C=O) groups is 1. The molecule has 0 bridgehead atoms. The summed E-state index contributed by atoms with van der Waals surface area (Å²) >= 11 is 1.34. The van der Waals surface area contributed by atoms with E-state index >= 15 is 0 Å². The highest BCUT2D eigenvalue weighted by atomic mass is 32.1. The second-order valence-corrected chi connectivity index (χ2v) is 8.50. The molecule has 0 fully saturated rings. The largest absolute Gasteiger partial charge is 0.493 e. The second kappa shape index (κ2) is 11.3. The molecule has 2 heterocycles. The molecule has 0 N–H and O–H groups in total. The molecule has 0 aliphatic carbocycles. The molecule has 0 spiro atoms. The van der Waals surface area contributed by atoms with Crippen LogP contribution in [0.1, 0.15) is 36.4 Å². The first kappa shape index (κ1) is 24.7. The minimum absolute atomic E-state index is 0.0609. The standard InChI is InChI=1S/C24H25F3N2O3S/c1-3-17(23(30)31-4-2)15-16-5-7-18(8-6-16)32-14-12-19-9-10-20(33-19)22-28-13-11-21(29-22)24(25,26)27/h5-11,13,17H,3-4,12,14-15H2,1-2H3. The van der Waals surface area contributed by atoms with Crippen LogP contribution < -0.4 is 4.74 Å². The van der Waals surface area contributed by atoms with Gasteiger partial charge in [-0.25, -0.2) is 9.97 Å². The molecule has 33 heavy (non-hydrogen) atoms. The summed E-state index contributed by atoms with van der Waals surface area (Å²) < 4.78 is 49.5. The van der Waals surface area contributed by atoms with Gasteiger partial charge in [-0.1, -0.05) is 19.1 Å². The molecule has 2 aromatic heterocycles. The molecule has 1 unspecified atom stereocenters. The monoisotopic (exact) mass is 478 g/mol. The van der Waals surface area contributed by atoms with Gasteiger partial charge < -0.3 is 9.47 Å². The zero-order valence-electron chi connectivity index (χ0n) is 18.4. The van der Waals surface area contributed by atoms with Crippen LogP contribution in [-0.2, 0) is 28.5 Å². The van der Waals surface area contributed by atoms with Crippen molar-refractivity contribution in [1.29, 1.82) is 0 Å². The number of rotatable bonds is 10. The van der Waals surface area contributed by atoms with Crippen molar-refractivity contribution in [1.82, 2.24) is 9.97 Å². The van der Waals surface area contributed by atoms with E-state index < -0.39 is 11.9 Å². The van der Waals surface area contributed by atoms with Gasteiger partial charge in [-0.15, -0.1) is 11.3 Å². The third-order valence-corrected chi connectivity index (χ3v) is 6.10. The molecular weight excluding hydrogens is 453 g/mol. The van der Waals surface area contributed by atoms with Crippen molar-refractivity contribution in [2.45, 2.75) is 39.3 Å². The van der Waals surface area contributed by atoms with Gasteiger partial charge in [0.1, 0.15) is 11.4 Å². The molecule has 0 radical (unpaired) electrons. The van der Waals surface area contributed by atoms with Gasteiger partial charge in [-0.2, -0.15) is 13.2 Å². The molecular formula is C24H25F3N2O3S. The van der Waals surface area contributed by atoms with E-state index in [4.69, 9.17) is 9.47 Å². The van der Waals surface area contributed by atoms with Gasteiger partial charge in [0.05, 0.1) is 24.0 Å². The van der Waals surface area contributed by atoms with E-state index in [0.29, 0.717) is 43.1 Å². The number of aromatic nitrogens is 2. The SMILES string of the molecule is CCOC(=O)C(CC)Cc1ccc(OCCc2ccc(-c3nccc(C(F)(F)F)n3)s2)cc1. The maximum Gasteiger partial charge on any atom is 0.433 e. The number of nitrogens with zero attached hydrogens (tertiary/aromatic N) is 2. The molecule has 3 rings (SSSR count). The number of alkyl halides is 3. The third-order valence-electron chi connectivity index (χ3n) is 4.96. The Bertz CT molecular complexity index is 1050. The van der Waals surface area contributed by atoms with Crippen LogP contribution in [0.5, 0.6) is 5.75 Å². The van der Waals surface area contributed by atoms with E-state index in [9.17, 15) is 18.0 Å². The number of thiophene rings is 1. The quantitative estimate of drug-likeness (QED) is 0.336. The fourth-order valence-electron chi connectivity index (χ4n) is 3.20. The zero-order chi connectivity index (χ0) is 23.8. The van der Waals surface area contributed by atoms with Crippen molar-refractivity contribution >= 4 is 17.3 Å². The van der Waals surface area contributed by atoms with Gasteiger partial charge in [-0.05, 0) is 55.7 Å². The zero-order valence-corrected chi connectivity index (χ0v) is 19.2. The van der Waals surface area contributed by atoms with Crippen LogP contribution >= 0.6 is 11.3 Å². The number of esters is 1. The summed E-state index contributed by atoms with van der Waals surface area (Å²) in [4.78, 5) is 21.1. The van der Waals surface area contributed by atoms with Crippen LogP contribution in [-0.4, -0.2) is 29.2 Å². The fraction of sp³-hybridized carbons (Fsp3) is 0.375. The summed E-state index contributed by atoms with van der Waals surface area (Å²) in [5.41, 5.74) is 0.0768. The van der Waals surface area contributed by atoms with Crippen LogP contribution in [0.2, 0.25) is 0 Å². The number of carbonyl (C=O) groups excluding carboxylic acids is 1. The molecule has 1 atom stereocenters. The summed E-state index contributed by atoms with van der Waals surface area (Å²) in [6, 6.07) is 12.0. The first-order valence-electron chi connectivity index (χ1n) is 10.7. The molecule has 0 aliphatic rings. The highest BCUT2D eigenvalue weighted by Gasteiger charge is 2.33. The van der Waals surface area contributed by atoms with Gasteiger partial charge in [0.2, 0.25) is 0 Å². The Balaban J connectivity index is 1.52. The predicted molar refractivity (Wildman–Crippen MR) is 120 cm³/mol. The summed E-state index contributed by atoms with van der Waals surface area (Å²) in [6.45, 7) is 4.56. The van der Waals surface area contributed by atoms with Gasteiger partial charge in [-0.3, -0.25) is 4.79 Å². The minimum atomic E-state index is -4.50. The second-order valence-electron chi connectivity index (χ2n) is 7.33. The summed E-state index contributed by atoms with van der Waals surface area (Å²) in [7, 11) is 0. The first-order chi connectivity index (χ1) is 15.8. The van der Waals surface area contributed by atoms with E-state index in [1.807, 2.05) is 37.3 Å². The molecule has 9 heteroatoms. The van der Waals surface area contributed by atoms with Crippen molar-refractivity contribution in [3.05, 3.63) is 64.8 Å². The average Bonchev–Trinajstić information content (AvgIpc) is 3.27. The number of ether oxygens (including phenoxy) is 2. The maximum atomic E-state index is 12.9. The molecule has 0 amide bonds. The molecule has 3 aromatic rings. The number of hydrogen-bond donors (Lipinski definition) is 0. The smallest absolute Gasteiger partial charge is 0.433 e. The Morgan fingerprint density at radius 1 is 1.09 bits per heavy atom. The van der Waals surface area contributed by atoms with E-state index in [1.54, 1.807) is 13.0 Å². The van der Waals surface area contributed by atoms with Crippen molar-refractivity contribution in [3.8, 4) is 16.5 Å². The Morgan fingerprint density at radius 2 is 1.85 bits per heavy atom. The van der Waals surface area contributed by atoms with Crippen LogP contribution in [0.3, 0.4) is 0 Å². The minimum Gasteiger partial charge on any atom is -0.493 e. The van der Waals surface area contributed by atoms with Crippen molar-refractivity contribution < 1.29 is 27.4 Å². The lowest BCUT2D eigenvalue weighted by Gasteiger charge is -2.14. The topological polar surface area (TPSA) is 61.3 Å². The molecule has 176 valence electrons. The molecule has 0 saturated heterocycles. The number of hydrogen-bond acceptors (Lipinski definition) is 6. The van der Waals surface area contributed by atoms with Crippen LogP contribution in [0.25, 0.3) is 10.7 Å². The van der Waals surface area contributed by atoms with E-state index in [2.05, 4.69) is 9.97 Å². The Kier molecular flexibility index (Phi) is 8.43. The Hall–Kier alpha value is -2.94. The molecule has 0 saturated carbocycles. The Labute approximate surface area is 194 Å². The highest BCUT2D eigenvalue weighted by molar-refractivity contribution is 7.15. The van der Waals surface area contributed by atoms with Gasteiger partial charge in [0.25, 0.3) is 0 Å². The predicted octanol–water partition coefficient (Wildman–Crippen LogP) is 5.98. The third kappa shape index (κ3) is 7.02. The average molecular weight is 479 g/mol. The molecule has 5 nitrogen and oxygen atoms in total.